The molecule has 3 heteroatoms. The molecule has 0 bridgehead atoms. The smallest absolute Gasteiger partial charge is 0.310 e. The average molecular weight is 234 g/mol. The highest BCUT2D eigenvalue weighted by atomic mass is 16.5. The van der Waals surface area contributed by atoms with Crippen molar-refractivity contribution in [2.45, 2.75) is 45.1 Å². The predicted molar refractivity (Wildman–Crippen MR) is 65.3 cm³/mol. The van der Waals surface area contributed by atoms with Crippen molar-refractivity contribution in [2.75, 3.05) is 0 Å². The van der Waals surface area contributed by atoms with E-state index < -0.39 is 0 Å². The number of esters is 1. The molecular weight excluding hydrogens is 216 g/mol. The maximum absolute atomic E-state index is 11.2. The number of benzene rings is 1. The van der Waals surface area contributed by atoms with Crippen molar-refractivity contribution in [1.82, 2.24) is 0 Å². The molecule has 0 radical (unpaired) electrons. The Morgan fingerprint density at radius 3 is 2.71 bits per heavy atom. The molecule has 1 saturated carbocycles. The first-order valence-electron chi connectivity index (χ1n) is 6.25. The second kappa shape index (κ2) is 5.71. The number of carbonyl (C=O) groups is 1. The van der Waals surface area contributed by atoms with E-state index in [-0.39, 0.29) is 5.97 Å². The minimum atomic E-state index is -0.219. The van der Waals surface area contributed by atoms with Gasteiger partial charge in [-0.25, -0.2) is 0 Å². The van der Waals surface area contributed by atoms with Gasteiger partial charge in [0.25, 0.3) is 0 Å². The number of hydrogen-bond donors (Lipinski definition) is 0. The Morgan fingerprint density at radius 1 is 1.29 bits per heavy atom. The molecule has 0 spiro atoms. The van der Waals surface area contributed by atoms with Gasteiger partial charge in [-0.3, -0.25) is 4.79 Å². The monoisotopic (exact) mass is 234 g/mol. The third kappa shape index (κ3) is 3.48. The number of hydrogen-bond acceptors (Lipinski definition) is 3. The van der Waals surface area contributed by atoms with Crippen molar-refractivity contribution in [3.63, 3.8) is 0 Å². The Labute approximate surface area is 102 Å². The van der Waals surface area contributed by atoms with Crippen LogP contribution in [0.2, 0.25) is 0 Å². The van der Waals surface area contributed by atoms with Crippen molar-refractivity contribution >= 4 is 5.97 Å². The maximum Gasteiger partial charge on any atom is 0.310 e. The van der Waals surface area contributed by atoms with Gasteiger partial charge in [-0.05, 0) is 37.8 Å². The molecule has 0 atom stereocenters. The third-order valence-corrected chi connectivity index (χ3v) is 2.93. The van der Waals surface area contributed by atoms with E-state index in [4.69, 9.17) is 9.47 Å². The molecule has 0 aliphatic heterocycles. The molecule has 1 aliphatic carbocycles. The summed E-state index contributed by atoms with van der Waals surface area (Å²) in [5.74, 6) is 1.13. The maximum atomic E-state index is 11.2. The fourth-order valence-electron chi connectivity index (χ4n) is 2.01. The van der Waals surface area contributed by atoms with Gasteiger partial charge in [0, 0.05) is 12.5 Å². The van der Waals surface area contributed by atoms with Crippen LogP contribution in [0.1, 0.15) is 39.0 Å². The minimum Gasteiger partial charge on any atom is -0.490 e. The van der Waals surface area contributed by atoms with Crippen LogP contribution in [0.3, 0.4) is 0 Å². The van der Waals surface area contributed by atoms with E-state index in [1.807, 2.05) is 12.1 Å². The van der Waals surface area contributed by atoms with Crippen LogP contribution in [0.15, 0.2) is 24.3 Å². The first kappa shape index (κ1) is 12.0. The average Bonchev–Trinajstić information content (AvgIpc) is 2.82. The lowest BCUT2D eigenvalue weighted by Gasteiger charge is -2.13. The van der Waals surface area contributed by atoms with E-state index >= 15 is 0 Å². The summed E-state index contributed by atoms with van der Waals surface area (Å²) in [5.41, 5.74) is 0. The Kier molecular flexibility index (Phi) is 4.02. The van der Waals surface area contributed by atoms with E-state index in [2.05, 4.69) is 0 Å². The summed E-state index contributed by atoms with van der Waals surface area (Å²) in [6, 6.07) is 7.31. The molecule has 17 heavy (non-hydrogen) atoms. The van der Waals surface area contributed by atoms with Gasteiger partial charge >= 0.3 is 5.97 Å². The SMILES string of the molecule is CCC(=O)Oc1cccc(OC2CCCC2)c1. The van der Waals surface area contributed by atoms with Crippen molar-refractivity contribution in [3.05, 3.63) is 24.3 Å². The Balaban J connectivity index is 1.97. The molecule has 1 aliphatic rings. The summed E-state index contributed by atoms with van der Waals surface area (Å²) in [6.45, 7) is 1.78. The Bertz CT molecular complexity index is 381. The molecule has 0 unspecified atom stereocenters. The van der Waals surface area contributed by atoms with Crippen LogP contribution in [0.25, 0.3) is 0 Å². The molecule has 0 aromatic heterocycles. The normalized spacial score (nSPS) is 15.8. The van der Waals surface area contributed by atoms with E-state index in [1.165, 1.54) is 12.8 Å². The van der Waals surface area contributed by atoms with Gasteiger partial charge in [-0.2, -0.15) is 0 Å². The highest BCUT2D eigenvalue weighted by molar-refractivity contribution is 5.72. The molecule has 1 aromatic carbocycles. The van der Waals surface area contributed by atoms with Crippen molar-refractivity contribution in [2.24, 2.45) is 0 Å². The zero-order valence-corrected chi connectivity index (χ0v) is 10.1. The van der Waals surface area contributed by atoms with Crippen molar-refractivity contribution < 1.29 is 14.3 Å². The lowest BCUT2D eigenvalue weighted by Crippen LogP contribution is -2.11. The van der Waals surface area contributed by atoms with E-state index in [1.54, 1.807) is 19.1 Å². The molecule has 1 fully saturated rings. The summed E-state index contributed by atoms with van der Waals surface area (Å²) in [6.07, 6.45) is 5.45. The zero-order chi connectivity index (χ0) is 12.1. The van der Waals surface area contributed by atoms with E-state index in [0.29, 0.717) is 18.3 Å². The molecule has 0 heterocycles. The highest BCUT2D eigenvalue weighted by Crippen LogP contribution is 2.26. The fraction of sp³-hybridized carbons (Fsp3) is 0.500. The second-order valence-corrected chi connectivity index (χ2v) is 4.33. The van der Waals surface area contributed by atoms with Gasteiger partial charge in [-0.1, -0.05) is 13.0 Å². The van der Waals surface area contributed by atoms with Gasteiger partial charge < -0.3 is 9.47 Å². The number of carbonyl (C=O) groups excluding carboxylic acids is 1. The predicted octanol–water partition coefficient (Wildman–Crippen LogP) is 3.32. The number of ether oxygens (including phenoxy) is 2. The lowest BCUT2D eigenvalue weighted by atomic mass is 10.3. The molecule has 1 aromatic rings. The van der Waals surface area contributed by atoms with Crippen LogP contribution in [-0.4, -0.2) is 12.1 Å². The summed E-state index contributed by atoms with van der Waals surface area (Å²) in [7, 11) is 0. The van der Waals surface area contributed by atoms with Crippen molar-refractivity contribution in [3.8, 4) is 11.5 Å². The Hall–Kier alpha value is -1.51. The van der Waals surface area contributed by atoms with Gasteiger partial charge in [0.15, 0.2) is 0 Å². The molecule has 92 valence electrons. The topological polar surface area (TPSA) is 35.5 Å². The summed E-state index contributed by atoms with van der Waals surface area (Å²) < 4.78 is 11.0. The van der Waals surface area contributed by atoms with E-state index in [0.717, 1.165) is 18.6 Å². The Morgan fingerprint density at radius 2 is 2.00 bits per heavy atom. The summed E-state index contributed by atoms with van der Waals surface area (Å²) >= 11 is 0. The molecule has 0 saturated heterocycles. The standard InChI is InChI=1S/C14H18O3/c1-2-14(15)17-13-9-5-8-12(10-13)16-11-6-3-4-7-11/h5,8-11H,2-4,6-7H2,1H3. The van der Waals surface area contributed by atoms with Gasteiger partial charge in [0.05, 0.1) is 6.10 Å². The molecular formula is C14H18O3. The van der Waals surface area contributed by atoms with Gasteiger partial charge in [0.1, 0.15) is 11.5 Å². The summed E-state index contributed by atoms with van der Waals surface area (Å²) in [5, 5.41) is 0. The van der Waals surface area contributed by atoms with Crippen molar-refractivity contribution in [1.29, 1.82) is 0 Å². The molecule has 3 nitrogen and oxygen atoms in total. The number of rotatable bonds is 4. The first-order chi connectivity index (χ1) is 8.28. The quantitative estimate of drug-likeness (QED) is 0.592. The minimum absolute atomic E-state index is 0.219. The summed E-state index contributed by atoms with van der Waals surface area (Å²) in [4.78, 5) is 11.2. The fourth-order valence-corrected chi connectivity index (χ4v) is 2.01. The highest BCUT2D eigenvalue weighted by Gasteiger charge is 2.16. The van der Waals surface area contributed by atoms with Crippen LogP contribution >= 0.6 is 0 Å². The molecule has 0 N–H and O–H groups in total. The molecule has 0 amide bonds. The van der Waals surface area contributed by atoms with Crippen LogP contribution < -0.4 is 9.47 Å². The second-order valence-electron chi connectivity index (χ2n) is 4.33. The zero-order valence-electron chi connectivity index (χ0n) is 10.1. The van der Waals surface area contributed by atoms with Crippen LogP contribution in [0.5, 0.6) is 11.5 Å². The largest absolute Gasteiger partial charge is 0.490 e. The van der Waals surface area contributed by atoms with Gasteiger partial charge in [0.2, 0.25) is 0 Å². The van der Waals surface area contributed by atoms with Crippen LogP contribution in [-0.2, 0) is 4.79 Å². The van der Waals surface area contributed by atoms with Gasteiger partial charge in [-0.15, -0.1) is 0 Å². The van der Waals surface area contributed by atoms with Crippen LogP contribution in [0, 0.1) is 0 Å². The third-order valence-electron chi connectivity index (χ3n) is 2.93. The molecule has 2 rings (SSSR count). The van der Waals surface area contributed by atoms with E-state index in [9.17, 15) is 4.79 Å². The van der Waals surface area contributed by atoms with Crippen LogP contribution in [0.4, 0.5) is 0 Å². The first-order valence-corrected chi connectivity index (χ1v) is 6.25. The lowest BCUT2D eigenvalue weighted by molar-refractivity contribution is -0.134.